The third kappa shape index (κ3) is 2.95. The summed E-state index contributed by atoms with van der Waals surface area (Å²) in [7, 11) is 1.62. The Bertz CT molecular complexity index is 682. The number of fused-ring (bicyclic) bond motifs is 1. The molecule has 2 atom stereocenters. The molecule has 0 aliphatic carbocycles. The van der Waals surface area contributed by atoms with Gasteiger partial charge in [0.1, 0.15) is 5.75 Å². The Morgan fingerprint density at radius 2 is 2.09 bits per heavy atom. The Kier molecular flexibility index (Phi) is 4.35. The highest BCUT2D eigenvalue weighted by molar-refractivity contribution is 8.14. The van der Waals surface area contributed by atoms with Gasteiger partial charge in [0, 0.05) is 11.8 Å². The zero-order valence-electron chi connectivity index (χ0n) is 13.4. The van der Waals surface area contributed by atoms with Crippen LogP contribution in [0.1, 0.15) is 31.9 Å². The second-order valence-electron chi connectivity index (χ2n) is 5.78. The van der Waals surface area contributed by atoms with E-state index in [1.165, 1.54) is 0 Å². The number of nitrogens with zero attached hydrogens (tertiary/aromatic N) is 2. The van der Waals surface area contributed by atoms with E-state index in [4.69, 9.17) is 4.74 Å². The number of carboxylic acid groups (broad SMARTS) is 1. The van der Waals surface area contributed by atoms with Crippen LogP contribution in [0, 0.1) is 0 Å². The highest BCUT2D eigenvalue weighted by Crippen LogP contribution is 2.41. The van der Waals surface area contributed by atoms with Crippen molar-refractivity contribution in [1.29, 1.82) is 0 Å². The lowest BCUT2D eigenvalue weighted by Crippen LogP contribution is -2.43. The van der Waals surface area contributed by atoms with E-state index in [9.17, 15) is 9.90 Å². The largest absolute Gasteiger partial charge is 0.497 e. The van der Waals surface area contributed by atoms with Gasteiger partial charge in [-0.25, -0.2) is 9.79 Å². The number of allylic oxidation sites excluding steroid dienone is 1. The number of aliphatic carboxylic acids is 1. The predicted octanol–water partition coefficient (Wildman–Crippen LogP) is 3.29. The van der Waals surface area contributed by atoms with E-state index in [1.807, 2.05) is 24.3 Å². The molecule has 1 fully saturated rings. The maximum atomic E-state index is 11.8. The fraction of sp³-hybridized carbons (Fsp3) is 0.412. The maximum absolute atomic E-state index is 11.8. The second-order valence-corrected chi connectivity index (χ2v) is 7.19. The van der Waals surface area contributed by atoms with E-state index in [2.05, 4.69) is 16.8 Å². The van der Waals surface area contributed by atoms with Crippen LogP contribution in [0.2, 0.25) is 0 Å². The second kappa shape index (κ2) is 6.28. The standard InChI is InChI=1S/C17H20N2O3S/c1-10-8-9-19-15(12-4-6-13(22-3)7-5-12)14(16(20)21)11(2)18-17(19)23-10/h4-7,10,15H,8-9H2,1-3H3,(H,20,21). The van der Waals surface area contributed by atoms with E-state index in [-0.39, 0.29) is 6.04 Å². The van der Waals surface area contributed by atoms with E-state index in [1.54, 1.807) is 25.8 Å². The number of aliphatic imine (C=N–C) groups is 1. The first-order chi connectivity index (χ1) is 11.0. The number of hydrogen-bond acceptors (Lipinski definition) is 5. The van der Waals surface area contributed by atoms with Gasteiger partial charge in [-0.1, -0.05) is 30.8 Å². The monoisotopic (exact) mass is 332 g/mol. The maximum Gasteiger partial charge on any atom is 0.335 e. The molecule has 5 nitrogen and oxygen atoms in total. The van der Waals surface area contributed by atoms with Gasteiger partial charge in [0.2, 0.25) is 0 Å². The minimum atomic E-state index is -0.908. The van der Waals surface area contributed by atoms with Crippen LogP contribution in [-0.4, -0.2) is 40.0 Å². The van der Waals surface area contributed by atoms with Crippen LogP contribution in [0.3, 0.4) is 0 Å². The van der Waals surface area contributed by atoms with Crippen LogP contribution in [-0.2, 0) is 4.79 Å². The summed E-state index contributed by atoms with van der Waals surface area (Å²) in [5, 5.41) is 11.1. The van der Waals surface area contributed by atoms with Gasteiger partial charge in [-0.3, -0.25) is 0 Å². The van der Waals surface area contributed by atoms with Crippen molar-refractivity contribution in [1.82, 2.24) is 4.90 Å². The molecule has 1 aromatic carbocycles. The topological polar surface area (TPSA) is 62.1 Å². The summed E-state index contributed by atoms with van der Waals surface area (Å²) in [4.78, 5) is 18.5. The van der Waals surface area contributed by atoms with Crippen molar-refractivity contribution in [3.8, 4) is 5.75 Å². The molecule has 1 N–H and O–H groups in total. The smallest absolute Gasteiger partial charge is 0.335 e. The Labute approximate surface area is 140 Å². The number of benzene rings is 1. The normalized spacial score (nSPS) is 24.1. The number of carbonyl (C=O) groups is 1. The number of methoxy groups -OCH3 is 1. The average molecular weight is 332 g/mol. The van der Waals surface area contributed by atoms with Crippen LogP contribution in [0.4, 0.5) is 0 Å². The zero-order chi connectivity index (χ0) is 16.6. The van der Waals surface area contributed by atoms with Gasteiger partial charge in [-0.05, 0) is 31.0 Å². The van der Waals surface area contributed by atoms with Gasteiger partial charge in [0.25, 0.3) is 0 Å². The highest BCUT2D eigenvalue weighted by atomic mass is 32.2. The number of hydrogen-bond donors (Lipinski definition) is 1. The van der Waals surface area contributed by atoms with Crippen LogP contribution in [0.5, 0.6) is 5.75 Å². The van der Waals surface area contributed by atoms with Crippen molar-refractivity contribution in [2.75, 3.05) is 13.7 Å². The van der Waals surface area contributed by atoms with Gasteiger partial charge < -0.3 is 14.7 Å². The Morgan fingerprint density at radius 1 is 1.39 bits per heavy atom. The molecule has 3 rings (SSSR count). The first-order valence-electron chi connectivity index (χ1n) is 7.61. The third-order valence-electron chi connectivity index (χ3n) is 4.23. The van der Waals surface area contributed by atoms with E-state index < -0.39 is 5.97 Å². The van der Waals surface area contributed by atoms with Gasteiger partial charge in [0.15, 0.2) is 5.17 Å². The van der Waals surface area contributed by atoms with Crippen LogP contribution < -0.4 is 4.74 Å². The first-order valence-corrected chi connectivity index (χ1v) is 8.49. The molecular formula is C17H20N2O3S. The minimum absolute atomic E-state index is 0.300. The number of carboxylic acids is 1. The molecule has 0 amide bonds. The quantitative estimate of drug-likeness (QED) is 0.920. The Morgan fingerprint density at radius 3 is 2.70 bits per heavy atom. The number of rotatable bonds is 3. The summed E-state index contributed by atoms with van der Waals surface area (Å²) >= 11 is 1.72. The van der Waals surface area contributed by atoms with Crippen LogP contribution in [0.15, 0.2) is 40.5 Å². The summed E-state index contributed by atoms with van der Waals surface area (Å²) < 4.78 is 5.20. The molecule has 0 bridgehead atoms. The molecule has 0 spiro atoms. The average Bonchev–Trinajstić information content (AvgIpc) is 2.53. The van der Waals surface area contributed by atoms with Gasteiger partial charge in [0.05, 0.1) is 24.4 Å². The van der Waals surface area contributed by atoms with Crippen molar-refractivity contribution < 1.29 is 14.6 Å². The summed E-state index contributed by atoms with van der Waals surface area (Å²) in [5.74, 6) is -0.146. The summed E-state index contributed by atoms with van der Waals surface area (Å²) in [6, 6.07) is 7.31. The molecular weight excluding hydrogens is 312 g/mol. The van der Waals surface area contributed by atoms with E-state index >= 15 is 0 Å². The van der Waals surface area contributed by atoms with E-state index in [0.717, 1.165) is 29.4 Å². The summed E-state index contributed by atoms with van der Waals surface area (Å²) in [5.41, 5.74) is 1.89. The van der Waals surface area contributed by atoms with Crippen molar-refractivity contribution in [3.63, 3.8) is 0 Å². The van der Waals surface area contributed by atoms with Crippen molar-refractivity contribution >= 4 is 22.9 Å². The fourth-order valence-corrected chi connectivity index (χ4v) is 4.12. The summed E-state index contributed by atoms with van der Waals surface area (Å²) in [6.45, 7) is 4.77. The van der Waals surface area contributed by atoms with Gasteiger partial charge in [-0.2, -0.15) is 0 Å². The molecule has 0 aromatic heterocycles. The highest BCUT2D eigenvalue weighted by Gasteiger charge is 2.38. The molecule has 2 heterocycles. The molecule has 0 radical (unpaired) electrons. The lowest BCUT2D eigenvalue weighted by molar-refractivity contribution is -0.133. The van der Waals surface area contributed by atoms with Gasteiger partial charge >= 0.3 is 5.97 Å². The number of thioether (sulfide) groups is 1. The van der Waals surface area contributed by atoms with Crippen LogP contribution >= 0.6 is 11.8 Å². The minimum Gasteiger partial charge on any atom is -0.497 e. The lowest BCUT2D eigenvalue weighted by atomic mass is 9.94. The van der Waals surface area contributed by atoms with Crippen molar-refractivity contribution in [3.05, 3.63) is 41.1 Å². The third-order valence-corrected chi connectivity index (χ3v) is 5.40. The fourth-order valence-electron chi connectivity index (χ4n) is 3.02. The molecule has 0 saturated carbocycles. The zero-order valence-corrected chi connectivity index (χ0v) is 14.3. The van der Waals surface area contributed by atoms with Crippen molar-refractivity contribution in [2.24, 2.45) is 4.99 Å². The Hall–Kier alpha value is -1.95. The van der Waals surface area contributed by atoms with Gasteiger partial charge in [-0.15, -0.1) is 0 Å². The molecule has 1 saturated heterocycles. The molecule has 1 aromatic rings. The Balaban J connectivity index is 2.07. The summed E-state index contributed by atoms with van der Waals surface area (Å²) in [6.07, 6.45) is 1.02. The molecule has 122 valence electrons. The lowest BCUT2D eigenvalue weighted by Gasteiger charge is -2.41. The number of amidine groups is 1. The SMILES string of the molecule is COc1ccc(C2C(C(=O)O)=C(C)N=C3SC(C)CCN32)cc1. The molecule has 2 unspecified atom stereocenters. The van der Waals surface area contributed by atoms with Crippen LogP contribution in [0.25, 0.3) is 0 Å². The molecule has 23 heavy (non-hydrogen) atoms. The molecule has 2 aliphatic heterocycles. The van der Waals surface area contributed by atoms with E-state index in [0.29, 0.717) is 16.5 Å². The first kappa shape index (κ1) is 15.9. The number of ether oxygens (including phenoxy) is 1. The predicted molar refractivity (Wildman–Crippen MR) is 91.9 cm³/mol. The molecule has 6 heteroatoms. The molecule has 2 aliphatic rings. The van der Waals surface area contributed by atoms with Crippen molar-refractivity contribution in [2.45, 2.75) is 31.6 Å².